The number of halogens is 1. The Kier molecular flexibility index (Phi) is 4.27. The summed E-state index contributed by atoms with van der Waals surface area (Å²) < 4.78 is 0. The van der Waals surface area contributed by atoms with Crippen molar-refractivity contribution in [3.63, 3.8) is 0 Å². The summed E-state index contributed by atoms with van der Waals surface area (Å²) in [6, 6.07) is 5.68. The SMILES string of the molecule is CC(CNc1c(Cl)cccc1[N+](=O)[O-])N(C)C1CC1. The van der Waals surface area contributed by atoms with Crippen molar-refractivity contribution in [1.29, 1.82) is 0 Å². The molecule has 0 spiro atoms. The maximum Gasteiger partial charge on any atom is 0.293 e. The summed E-state index contributed by atoms with van der Waals surface area (Å²) in [5, 5.41) is 14.5. The summed E-state index contributed by atoms with van der Waals surface area (Å²) >= 11 is 6.03. The van der Waals surface area contributed by atoms with Crippen LogP contribution in [0.2, 0.25) is 5.02 Å². The molecule has 6 heteroatoms. The zero-order valence-corrected chi connectivity index (χ0v) is 11.9. The van der Waals surface area contributed by atoms with Crippen molar-refractivity contribution in [2.45, 2.75) is 31.8 Å². The van der Waals surface area contributed by atoms with E-state index >= 15 is 0 Å². The summed E-state index contributed by atoms with van der Waals surface area (Å²) in [6.07, 6.45) is 2.49. The molecule has 1 aliphatic rings. The maximum absolute atomic E-state index is 11.0. The van der Waals surface area contributed by atoms with Crippen molar-refractivity contribution in [3.05, 3.63) is 33.3 Å². The largest absolute Gasteiger partial charge is 0.377 e. The molecule has 0 aliphatic heterocycles. The average Bonchev–Trinajstić information content (AvgIpc) is 3.19. The zero-order valence-electron chi connectivity index (χ0n) is 11.1. The lowest BCUT2D eigenvalue weighted by Crippen LogP contribution is -2.36. The van der Waals surface area contributed by atoms with E-state index in [0.29, 0.717) is 29.3 Å². The Morgan fingerprint density at radius 1 is 1.58 bits per heavy atom. The number of benzene rings is 1. The second kappa shape index (κ2) is 5.75. The van der Waals surface area contributed by atoms with Gasteiger partial charge >= 0.3 is 0 Å². The minimum absolute atomic E-state index is 0.0220. The smallest absolute Gasteiger partial charge is 0.293 e. The van der Waals surface area contributed by atoms with Gasteiger partial charge in [-0.3, -0.25) is 15.0 Å². The number of para-hydroxylation sites is 1. The number of nitrogens with one attached hydrogen (secondary N) is 1. The van der Waals surface area contributed by atoms with Gasteiger partial charge in [0.15, 0.2) is 0 Å². The molecule has 2 rings (SSSR count). The van der Waals surface area contributed by atoms with Crippen LogP contribution in [0, 0.1) is 10.1 Å². The highest BCUT2D eigenvalue weighted by Crippen LogP contribution is 2.32. The van der Waals surface area contributed by atoms with Gasteiger partial charge in [-0.1, -0.05) is 17.7 Å². The molecule has 0 bridgehead atoms. The third-order valence-electron chi connectivity index (χ3n) is 3.58. The summed E-state index contributed by atoms with van der Waals surface area (Å²) in [7, 11) is 2.09. The first-order valence-electron chi connectivity index (χ1n) is 6.39. The Labute approximate surface area is 117 Å². The Bertz CT molecular complexity index is 477. The summed E-state index contributed by atoms with van der Waals surface area (Å²) in [4.78, 5) is 12.9. The summed E-state index contributed by atoms with van der Waals surface area (Å²) in [5.74, 6) is 0. The fraction of sp³-hybridized carbons (Fsp3) is 0.538. The topological polar surface area (TPSA) is 58.4 Å². The standard InChI is InChI=1S/C13H18ClN3O2/c1-9(16(2)10-6-7-10)8-15-13-11(14)4-3-5-12(13)17(18)19/h3-5,9-10,15H,6-8H2,1-2H3. The van der Waals surface area contributed by atoms with E-state index in [0.717, 1.165) is 0 Å². The predicted octanol–water partition coefficient (Wildman–Crippen LogP) is 3.14. The normalized spacial score (nSPS) is 16.4. The molecular weight excluding hydrogens is 266 g/mol. The number of nitro groups is 1. The molecule has 0 amide bonds. The van der Waals surface area contributed by atoms with Gasteiger partial charge in [0, 0.05) is 24.7 Å². The lowest BCUT2D eigenvalue weighted by atomic mass is 10.2. The fourth-order valence-electron chi connectivity index (χ4n) is 2.08. The quantitative estimate of drug-likeness (QED) is 0.644. The average molecular weight is 284 g/mol. The van der Waals surface area contributed by atoms with E-state index in [1.165, 1.54) is 18.9 Å². The number of hydrogen-bond donors (Lipinski definition) is 1. The molecule has 1 unspecified atom stereocenters. The summed E-state index contributed by atoms with van der Waals surface area (Å²) in [6.45, 7) is 2.74. The molecule has 19 heavy (non-hydrogen) atoms. The molecule has 1 saturated carbocycles. The minimum atomic E-state index is -0.413. The van der Waals surface area contributed by atoms with E-state index in [9.17, 15) is 10.1 Å². The van der Waals surface area contributed by atoms with Crippen LogP contribution < -0.4 is 5.32 Å². The van der Waals surface area contributed by atoms with Crippen molar-refractivity contribution in [1.82, 2.24) is 4.90 Å². The first kappa shape index (κ1) is 14.1. The Balaban J connectivity index is 2.04. The zero-order chi connectivity index (χ0) is 14.0. The van der Waals surface area contributed by atoms with Crippen LogP contribution in [0.1, 0.15) is 19.8 Å². The lowest BCUT2D eigenvalue weighted by molar-refractivity contribution is -0.383. The van der Waals surface area contributed by atoms with Crippen LogP contribution in [-0.4, -0.2) is 35.5 Å². The highest BCUT2D eigenvalue weighted by molar-refractivity contribution is 6.33. The number of nitro benzene ring substituents is 1. The van der Waals surface area contributed by atoms with E-state index in [4.69, 9.17) is 11.6 Å². The van der Waals surface area contributed by atoms with Gasteiger partial charge in [0.2, 0.25) is 0 Å². The van der Waals surface area contributed by atoms with Crippen LogP contribution in [0.25, 0.3) is 0 Å². The van der Waals surface area contributed by atoms with E-state index in [1.807, 2.05) is 0 Å². The third-order valence-corrected chi connectivity index (χ3v) is 3.90. The second-order valence-corrected chi connectivity index (χ2v) is 5.42. The van der Waals surface area contributed by atoms with Gasteiger partial charge in [-0.05, 0) is 32.9 Å². The number of hydrogen-bond acceptors (Lipinski definition) is 4. The Morgan fingerprint density at radius 2 is 2.26 bits per heavy atom. The molecule has 1 aromatic carbocycles. The van der Waals surface area contributed by atoms with Crippen LogP contribution in [0.15, 0.2) is 18.2 Å². The van der Waals surface area contributed by atoms with E-state index in [-0.39, 0.29) is 5.69 Å². The van der Waals surface area contributed by atoms with Gasteiger partial charge in [-0.2, -0.15) is 0 Å². The highest BCUT2D eigenvalue weighted by Gasteiger charge is 2.29. The summed E-state index contributed by atoms with van der Waals surface area (Å²) in [5.41, 5.74) is 0.430. The monoisotopic (exact) mass is 283 g/mol. The molecule has 0 aromatic heterocycles. The van der Waals surface area contributed by atoms with Crippen LogP contribution >= 0.6 is 11.6 Å². The molecule has 1 aliphatic carbocycles. The number of anilines is 1. The van der Waals surface area contributed by atoms with Crippen molar-refractivity contribution in [3.8, 4) is 0 Å². The third kappa shape index (κ3) is 3.36. The van der Waals surface area contributed by atoms with Gasteiger partial charge in [0.05, 0.1) is 9.95 Å². The van der Waals surface area contributed by atoms with Gasteiger partial charge in [-0.25, -0.2) is 0 Å². The number of rotatable bonds is 6. The molecule has 0 heterocycles. The van der Waals surface area contributed by atoms with Gasteiger partial charge in [-0.15, -0.1) is 0 Å². The fourth-order valence-corrected chi connectivity index (χ4v) is 2.31. The molecule has 5 nitrogen and oxygen atoms in total. The van der Waals surface area contributed by atoms with E-state index in [2.05, 4.69) is 24.2 Å². The van der Waals surface area contributed by atoms with Gasteiger partial charge < -0.3 is 5.32 Å². The predicted molar refractivity (Wildman–Crippen MR) is 76.8 cm³/mol. The van der Waals surface area contributed by atoms with Crippen LogP contribution in [-0.2, 0) is 0 Å². The first-order chi connectivity index (χ1) is 9.00. The molecular formula is C13H18ClN3O2. The molecule has 1 aromatic rings. The van der Waals surface area contributed by atoms with Gasteiger partial charge in [0.25, 0.3) is 5.69 Å². The highest BCUT2D eigenvalue weighted by atomic mass is 35.5. The van der Waals surface area contributed by atoms with Crippen LogP contribution in [0.3, 0.4) is 0 Å². The van der Waals surface area contributed by atoms with Gasteiger partial charge in [0.1, 0.15) is 5.69 Å². The molecule has 0 saturated heterocycles. The van der Waals surface area contributed by atoms with Crippen molar-refractivity contribution in [2.24, 2.45) is 0 Å². The first-order valence-corrected chi connectivity index (χ1v) is 6.77. The van der Waals surface area contributed by atoms with Crippen LogP contribution in [0.5, 0.6) is 0 Å². The molecule has 1 atom stereocenters. The Hall–Kier alpha value is -1.33. The molecule has 0 radical (unpaired) electrons. The molecule has 1 fully saturated rings. The second-order valence-electron chi connectivity index (χ2n) is 5.02. The van der Waals surface area contributed by atoms with Crippen molar-refractivity contribution < 1.29 is 4.92 Å². The number of likely N-dealkylation sites (N-methyl/N-ethyl adjacent to an activating group) is 1. The van der Waals surface area contributed by atoms with Crippen molar-refractivity contribution >= 4 is 23.0 Å². The Morgan fingerprint density at radius 3 is 2.84 bits per heavy atom. The van der Waals surface area contributed by atoms with Crippen molar-refractivity contribution in [2.75, 3.05) is 18.9 Å². The van der Waals surface area contributed by atoms with Crippen LogP contribution in [0.4, 0.5) is 11.4 Å². The van der Waals surface area contributed by atoms with E-state index in [1.54, 1.807) is 12.1 Å². The number of nitrogens with zero attached hydrogens (tertiary/aromatic N) is 2. The lowest BCUT2D eigenvalue weighted by Gasteiger charge is -2.25. The van der Waals surface area contributed by atoms with E-state index < -0.39 is 4.92 Å². The molecule has 104 valence electrons. The minimum Gasteiger partial charge on any atom is -0.377 e. The maximum atomic E-state index is 11.0. The molecule has 1 N–H and O–H groups in total.